The minimum absolute atomic E-state index is 0.601. The quantitative estimate of drug-likeness (QED) is 0.747. The maximum Gasteiger partial charge on any atom is 0.140 e. The number of rotatable bonds is 1. The van der Waals surface area contributed by atoms with Gasteiger partial charge < -0.3 is 4.98 Å². The van der Waals surface area contributed by atoms with Crippen molar-refractivity contribution < 1.29 is 0 Å². The highest BCUT2D eigenvalue weighted by atomic mass is 32.1. The molecule has 0 saturated carbocycles. The number of hydrogen-bond donors (Lipinski definition) is 1. The maximum absolute atomic E-state index is 5.08. The zero-order valence-corrected chi connectivity index (χ0v) is 9.43. The molecule has 3 nitrogen and oxygen atoms in total. The molecule has 0 aliphatic heterocycles. The molecule has 15 heavy (non-hydrogen) atoms. The fourth-order valence-electron chi connectivity index (χ4n) is 1.42. The van der Waals surface area contributed by atoms with Crippen molar-refractivity contribution in [2.75, 3.05) is 0 Å². The van der Waals surface area contributed by atoms with Crippen LogP contribution in [0.5, 0.6) is 0 Å². The lowest BCUT2D eigenvalue weighted by molar-refractivity contribution is 1.09. The summed E-state index contributed by atoms with van der Waals surface area (Å²) in [5.74, 6) is 0.783. The number of aromatic nitrogens is 3. The van der Waals surface area contributed by atoms with Gasteiger partial charge in [0.05, 0.1) is 0 Å². The van der Waals surface area contributed by atoms with Crippen molar-refractivity contribution in [3.05, 3.63) is 40.4 Å². The molecule has 4 heteroatoms. The van der Waals surface area contributed by atoms with Gasteiger partial charge in [-0.05, 0) is 31.5 Å². The van der Waals surface area contributed by atoms with Gasteiger partial charge in [0, 0.05) is 23.7 Å². The molecule has 0 aliphatic rings. The molecule has 2 aromatic rings. The van der Waals surface area contributed by atoms with Gasteiger partial charge in [-0.1, -0.05) is 12.2 Å². The van der Waals surface area contributed by atoms with Gasteiger partial charge in [0.2, 0.25) is 0 Å². The number of pyridine rings is 1. The number of aryl methyl sites for hydroxylation is 2. The van der Waals surface area contributed by atoms with Crippen LogP contribution in [0.3, 0.4) is 0 Å². The summed E-state index contributed by atoms with van der Waals surface area (Å²) in [4.78, 5) is 11.6. The summed E-state index contributed by atoms with van der Waals surface area (Å²) in [6, 6.07) is 3.79. The van der Waals surface area contributed by atoms with Crippen LogP contribution >= 0.6 is 12.2 Å². The van der Waals surface area contributed by atoms with E-state index in [1.54, 1.807) is 12.4 Å². The molecule has 76 valence electrons. The average molecular weight is 217 g/mol. The van der Waals surface area contributed by atoms with Gasteiger partial charge in [-0.3, -0.25) is 4.98 Å². The summed E-state index contributed by atoms with van der Waals surface area (Å²) >= 11 is 5.08. The van der Waals surface area contributed by atoms with Crippen LogP contribution in [0.4, 0.5) is 0 Å². The summed E-state index contributed by atoms with van der Waals surface area (Å²) in [6.45, 7) is 3.99. The molecule has 0 saturated heterocycles. The van der Waals surface area contributed by atoms with Crippen molar-refractivity contribution in [3.63, 3.8) is 0 Å². The van der Waals surface area contributed by atoms with Gasteiger partial charge in [-0.25, -0.2) is 4.98 Å². The molecule has 0 bridgehead atoms. The number of aromatic amines is 1. The van der Waals surface area contributed by atoms with Crippen LogP contribution in [0.1, 0.15) is 11.3 Å². The van der Waals surface area contributed by atoms with E-state index in [2.05, 4.69) is 15.0 Å². The molecule has 0 aromatic carbocycles. The highest BCUT2D eigenvalue weighted by Crippen LogP contribution is 2.17. The van der Waals surface area contributed by atoms with Crippen molar-refractivity contribution in [1.82, 2.24) is 15.0 Å². The first kappa shape index (κ1) is 9.98. The summed E-state index contributed by atoms with van der Waals surface area (Å²) in [7, 11) is 0. The van der Waals surface area contributed by atoms with Gasteiger partial charge >= 0.3 is 0 Å². The lowest BCUT2D eigenvalue weighted by atomic mass is 10.1. The third kappa shape index (κ3) is 2.10. The lowest BCUT2D eigenvalue weighted by Gasteiger charge is -2.04. The Balaban J connectivity index is 2.64. The van der Waals surface area contributed by atoms with Gasteiger partial charge in [0.1, 0.15) is 10.5 Å². The average Bonchev–Trinajstić information content (AvgIpc) is 2.16. The van der Waals surface area contributed by atoms with E-state index in [1.807, 2.05) is 26.0 Å². The second-order valence-corrected chi connectivity index (χ2v) is 3.86. The van der Waals surface area contributed by atoms with E-state index in [1.165, 1.54) is 0 Å². The normalized spacial score (nSPS) is 10.3. The van der Waals surface area contributed by atoms with Gasteiger partial charge in [0.15, 0.2) is 0 Å². The van der Waals surface area contributed by atoms with Gasteiger partial charge in [-0.15, -0.1) is 0 Å². The van der Waals surface area contributed by atoms with Crippen LogP contribution in [0, 0.1) is 18.5 Å². The van der Waals surface area contributed by atoms with E-state index in [0.29, 0.717) is 4.64 Å². The van der Waals surface area contributed by atoms with Crippen molar-refractivity contribution >= 4 is 12.2 Å². The number of H-pyrrole nitrogens is 1. The van der Waals surface area contributed by atoms with Crippen LogP contribution in [0.2, 0.25) is 0 Å². The molecular formula is C11H11N3S. The van der Waals surface area contributed by atoms with Crippen molar-refractivity contribution in [2.24, 2.45) is 0 Å². The van der Waals surface area contributed by atoms with E-state index in [9.17, 15) is 0 Å². The predicted molar refractivity (Wildman–Crippen MR) is 62.1 cm³/mol. The monoisotopic (exact) mass is 217 g/mol. The Morgan fingerprint density at radius 1 is 1.33 bits per heavy atom. The Labute approximate surface area is 93.2 Å². The van der Waals surface area contributed by atoms with Crippen LogP contribution in [0.25, 0.3) is 11.4 Å². The fraction of sp³-hybridized carbons (Fsp3) is 0.182. The van der Waals surface area contributed by atoms with E-state index in [0.717, 1.165) is 22.6 Å². The highest BCUT2D eigenvalue weighted by Gasteiger charge is 2.03. The molecule has 0 unspecified atom stereocenters. The molecule has 1 N–H and O–H groups in total. The van der Waals surface area contributed by atoms with Crippen LogP contribution in [0.15, 0.2) is 24.5 Å². The van der Waals surface area contributed by atoms with Crippen molar-refractivity contribution in [3.8, 4) is 11.4 Å². The molecule has 0 atom stereocenters. The Morgan fingerprint density at radius 3 is 2.80 bits per heavy atom. The predicted octanol–water partition coefficient (Wildman–Crippen LogP) is 2.82. The first-order valence-electron chi connectivity index (χ1n) is 4.66. The maximum atomic E-state index is 5.08. The molecule has 0 spiro atoms. The number of nitrogens with one attached hydrogen (secondary N) is 1. The highest BCUT2D eigenvalue weighted by molar-refractivity contribution is 7.71. The van der Waals surface area contributed by atoms with E-state index >= 15 is 0 Å². The number of nitrogens with zero attached hydrogens (tertiary/aromatic N) is 2. The van der Waals surface area contributed by atoms with Crippen LogP contribution < -0.4 is 0 Å². The molecule has 0 aliphatic carbocycles. The van der Waals surface area contributed by atoms with Crippen molar-refractivity contribution in [2.45, 2.75) is 13.8 Å². The summed E-state index contributed by atoms with van der Waals surface area (Å²) in [6.07, 6.45) is 3.56. The zero-order valence-electron chi connectivity index (χ0n) is 8.61. The summed E-state index contributed by atoms with van der Waals surface area (Å²) in [5, 5.41) is 0. The Bertz CT molecular complexity index is 546. The first-order valence-corrected chi connectivity index (χ1v) is 5.06. The minimum atomic E-state index is 0.601. The second-order valence-electron chi connectivity index (χ2n) is 3.44. The largest absolute Gasteiger partial charge is 0.343 e. The molecular weight excluding hydrogens is 206 g/mol. The standard InChI is InChI=1S/C11H11N3S/c1-7-3-4-12-6-9(7)11-13-8(2)5-10(15)14-11/h3-6H,1-2H3,(H,13,14,15). The first-order chi connectivity index (χ1) is 7.16. The van der Waals surface area contributed by atoms with Crippen molar-refractivity contribution in [1.29, 1.82) is 0 Å². The fourth-order valence-corrected chi connectivity index (χ4v) is 1.69. The smallest absolute Gasteiger partial charge is 0.140 e. The van der Waals surface area contributed by atoms with E-state index in [-0.39, 0.29) is 0 Å². The Morgan fingerprint density at radius 2 is 2.13 bits per heavy atom. The molecule has 0 radical (unpaired) electrons. The minimum Gasteiger partial charge on any atom is -0.343 e. The van der Waals surface area contributed by atoms with Crippen LogP contribution in [-0.4, -0.2) is 15.0 Å². The summed E-state index contributed by atoms with van der Waals surface area (Å²) < 4.78 is 0.601. The van der Waals surface area contributed by atoms with Crippen LogP contribution in [-0.2, 0) is 0 Å². The van der Waals surface area contributed by atoms with E-state index < -0.39 is 0 Å². The molecule has 0 amide bonds. The summed E-state index contributed by atoms with van der Waals surface area (Å²) in [5.41, 5.74) is 3.13. The Kier molecular flexibility index (Phi) is 2.60. The third-order valence-electron chi connectivity index (χ3n) is 2.17. The topological polar surface area (TPSA) is 41.6 Å². The third-order valence-corrected chi connectivity index (χ3v) is 2.38. The molecule has 2 heterocycles. The zero-order chi connectivity index (χ0) is 10.8. The second kappa shape index (κ2) is 3.90. The number of hydrogen-bond acceptors (Lipinski definition) is 3. The van der Waals surface area contributed by atoms with E-state index in [4.69, 9.17) is 12.2 Å². The SMILES string of the molecule is Cc1cc(=S)nc(-c2cnccc2C)[nH]1. The van der Waals surface area contributed by atoms with Gasteiger partial charge in [-0.2, -0.15) is 0 Å². The lowest BCUT2D eigenvalue weighted by Crippen LogP contribution is -1.94. The molecule has 0 fully saturated rings. The molecule has 2 aromatic heterocycles. The van der Waals surface area contributed by atoms with Gasteiger partial charge in [0.25, 0.3) is 0 Å². The molecule has 2 rings (SSSR count). The Hall–Kier alpha value is -1.55.